The molecule has 5 heteroatoms. The SMILES string of the molecule is C#CCOc1ccc2ccccc2c1/C=N\NC(=O)c1cc(C)oc1C. The monoisotopic (exact) mass is 346 g/mol. The number of hydrogen-bond donors (Lipinski definition) is 1. The van der Waals surface area contributed by atoms with Crippen LogP contribution in [-0.2, 0) is 0 Å². The number of amides is 1. The summed E-state index contributed by atoms with van der Waals surface area (Å²) in [6.45, 7) is 3.68. The van der Waals surface area contributed by atoms with Crippen LogP contribution in [0.25, 0.3) is 10.8 Å². The van der Waals surface area contributed by atoms with Crippen molar-refractivity contribution >= 4 is 22.9 Å². The number of carbonyl (C=O) groups excluding carboxylic acids is 1. The highest BCUT2D eigenvalue weighted by Crippen LogP contribution is 2.26. The minimum absolute atomic E-state index is 0.152. The molecule has 1 heterocycles. The summed E-state index contributed by atoms with van der Waals surface area (Å²) in [6, 6.07) is 13.3. The standard InChI is InChI=1S/C21H18N2O3/c1-4-11-25-20-10-9-16-7-5-6-8-17(16)19(20)13-22-23-21(24)18-12-14(2)26-15(18)3/h1,5-10,12-13H,11H2,2-3H3,(H,23,24)/b22-13-. The molecule has 0 bridgehead atoms. The number of furan rings is 1. The van der Waals surface area contributed by atoms with Gasteiger partial charge < -0.3 is 9.15 Å². The van der Waals surface area contributed by atoms with Crippen LogP contribution >= 0.6 is 0 Å². The average Bonchev–Trinajstić information content (AvgIpc) is 2.99. The molecular formula is C21H18N2O3. The second-order valence-electron chi connectivity index (χ2n) is 5.72. The van der Waals surface area contributed by atoms with Gasteiger partial charge in [0.05, 0.1) is 11.8 Å². The van der Waals surface area contributed by atoms with Crippen LogP contribution < -0.4 is 10.2 Å². The Morgan fingerprint density at radius 2 is 2.12 bits per heavy atom. The molecule has 0 aliphatic heterocycles. The van der Waals surface area contributed by atoms with Gasteiger partial charge in [-0.15, -0.1) is 6.42 Å². The number of nitrogens with zero attached hydrogens (tertiary/aromatic N) is 1. The van der Waals surface area contributed by atoms with Crippen molar-refractivity contribution in [3.63, 3.8) is 0 Å². The Morgan fingerprint density at radius 1 is 1.31 bits per heavy atom. The molecular weight excluding hydrogens is 328 g/mol. The quantitative estimate of drug-likeness (QED) is 0.434. The van der Waals surface area contributed by atoms with Gasteiger partial charge >= 0.3 is 0 Å². The van der Waals surface area contributed by atoms with Gasteiger partial charge in [0.25, 0.3) is 5.91 Å². The zero-order valence-electron chi connectivity index (χ0n) is 14.6. The molecule has 0 aliphatic carbocycles. The van der Waals surface area contributed by atoms with Gasteiger partial charge in [0, 0.05) is 5.56 Å². The van der Waals surface area contributed by atoms with Crippen molar-refractivity contribution in [3.8, 4) is 18.1 Å². The first-order valence-corrected chi connectivity index (χ1v) is 8.08. The van der Waals surface area contributed by atoms with Crippen LogP contribution in [0, 0.1) is 26.2 Å². The van der Waals surface area contributed by atoms with E-state index < -0.39 is 0 Å². The molecule has 1 aromatic heterocycles. The van der Waals surface area contributed by atoms with Gasteiger partial charge in [-0.1, -0.05) is 36.3 Å². The average molecular weight is 346 g/mol. The van der Waals surface area contributed by atoms with E-state index in [-0.39, 0.29) is 12.5 Å². The fraction of sp³-hybridized carbons (Fsp3) is 0.143. The molecule has 0 radical (unpaired) electrons. The zero-order chi connectivity index (χ0) is 18.5. The van der Waals surface area contributed by atoms with Gasteiger partial charge in [-0.3, -0.25) is 4.79 Å². The Labute approximate surface area is 151 Å². The third-order valence-electron chi connectivity index (χ3n) is 3.89. The molecule has 0 atom stereocenters. The summed E-state index contributed by atoms with van der Waals surface area (Å²) in [6.07, 6.45) is 6.85. The number of nitrogens with one attached hydrogen (secondary N) is 1. The van der Waals surface area contributed by atoms with Crippen molar-refractivity contribution in [2.75, 3.05) is 6.61 Å². The Morgan fingerprint density at radius 3 is 2.85 bits per heavy atom. The summed E-state index contributed by atoms with van der Waals surface area (Å²) in [5.74, 6) is 3.95. The van der Waals surface area contributed by atoms with Crippen molar-refractivity contribution in [2.45, 2.75) is 13.8 Å². The van der Waals surface area contributed by atoms with Crippen molar-refractivity contribution in [1.29, 1.82) is 0 Å². The van der Waals surface area contributed by atoms with Gasteiger partial charge in [-0.25, -0.2) is 5.43 Å². The number of benzene rings is 2. The van der Waals surface area contributed by atoms with E-state index >= 15 is 0 Å². The first kappa shape index (κ1) is 17.3. The maximum atomic E-state index is 12.2. The zero-order valence-corrected chi connectivity index (χ0v) is 14.6. The number of terminal acetylenes is 1. The lowest BCUT2D eigenvalue weighted by atomic mass is 10.0. The smallest absolute Gasteiger partial charge is 0.274 e. The normalized spacial score (nSPS) is 10.8. The van der Waals surface area contributed by atoms with E-state index in [2.05, 4.69) is 16.4 Å². The molecule has 130 valence electrons. The second kappa shape index (κ2) is 7.58. The Hall–Kier alpha value is -3.52. The maximum absolute atomic E-state index is 12.2. The summed E-state index contributed by atoms with van der Waals surface area (Å²) in [5, 5.41) is 6.08. The summed E-state index contributed by atoms with van der Waals surface area (Å²) in [4.78, 5) is 12.2. The Balaban J connectivity index is 1.89. The summed E-state index contributed by atoms with van der Waals surface area (Å²) < 4.78 is 11.0. The highest BCUT2D eigenvalue weighted by Gasteiger charge is 2.13. The summed E-state index contributed by atoms with van der Waals surface area (Å²) >= 11 is 0. The minimum atomic E-state index is -0.332. The number of ether oxygens (including phenoxy) is 1. The van der Waals surface area contributed by atoms with Gasteiger partial charge in [0.1, 0.15) is 23.9 Å². The lowest BCUT2D eigenvalue weighted by molar-refractivity contribution is 0.0953. The molecule has 2 aromatic carbocycles. The molecule has 1 N–H and O–H groups in total. The highest BCUT2D eigenvalue weighted by molar-refractivity contribution is 6.03. The first-order valence-electron chi connectivity index (χ1n) is 8.08. The van der Waals surface area contributed by atoms with E-state index in [9.17, 15) is 4.79 Å². The van der Waals surface area contributed by atoms with Crippen LogP contribution in [0.1, 0.15) is 27.4 Å². The molecule has 5 nitrogen and oxygen atoms in total. The second-order valence-corrected chi connectivity index (χ2v) is 5.72. The Bertz CT molecular complexity index is 1030. The molecule has 0 aliphatic rings. The topological polar surface area (TPSA) is 63.8 Å². The van der Waals surface area contributed by atoms with Crippen LogP contribution in [-0.4, -0.2) is 18.7 Å². The number of carbonyl (C=O) groups is 1. The summed E-state index contributed by atoms with van der Waals surface area (Å²) in [5.41, 5.74) is 3.73. The third-order valence-corrected chi connectivity index (χ3v) is 3.89. The highest BCUT2D eigenvalue weighted by atomic mass is 16.5. The number of hydrazone groups is 1. The Kier molecular flexibility index (Phi) is 5.04. The van der Waals surface area contributed by atoms with Gasteiger partial charge in [-0.2, -0.15) is 5.10 Å². The van der Waals surface area contributed by atoms with Crippen molar-refractivity contribution < 1.29 is 13.9 Å². The molecule has 0 saturated heterocycles. The molecule has 3 rings (SSSR count). The van der Waals surface area contributed by atoms with E-state index in [1.165, 1.54) is 0 Å². The van der Waals surface area contributed by atoms with Crippen molar-refractivity contribution in [1.82, 2.24) is 5.43 Å². The van der Waals surface area contributed by atoms with E-state index in [0.29, 0.717) is 22.8 Å². The summed E-state index contributed by atoms with van der Waals surface area (Å²) in [7, 11) is 0. The lowest BCUT2D eigenvalue weighted by Crippen LogP contribution is -2.17. The first-order chi connectivity index (χ1) is 12.6. The maximum Gasteiger partial charge on any atom is 0.274 e. The third kappa shape index (κ3) is 3.60. The van der Waals surface area contributed by atoms with Crippen molar-refractivity contribution in [3.05, 3.63) is 65.1 Å². The van der Waals surface area contributed by atoms with Crippen LogP contribution in [0.4, 0.5) is 0 Å². The van der Waals surface area contributed by atoms with Gasteiger partial charge in [0.15, 0.2) is 0 Å². The fourth-order valence-corrected chi connectivity index (χ4v) is 2.73. The molecule has 0 unspecified atom stereocenters. The number of aryl methyl sites for hydroxylation is 2. The predicted octanol–water partition coefficient (Wildman–Crippen LogP) is 3.83. The molecule has 0 fully saturated rings. The molecule has 3 aromatic rings. The van der Waals surface area contributed by atoms with Crippen LogP contribution in [0.5, 0.6) is 5.75 Å². The lowest BCUT2D eigenvalue weighted by Gasteiger charge is -2.09. The van der Waals surface area contributed by atoms with Gasteiger partial charge in [-0.05, 0) is 36.8 Å². The van der Waals surface area contributed by atoms with E-state index in [0.717, 1.165) is 16.3 Å². The fourth-order valence-electron chi connectivity index (χ4n) is 2.73. The minimum Gasteiger partial charge on any atom is -0.480 e. The van der Waals surface area contributed by atoms with E-state index in [4.69, 9.17) is 15.6 Å². The molecule has 26 heavy (non-hydrogen) atoms. The number of fused-ring (bicyclic) bond motifs is 1. The number of hydrogen-bond acceptors (Lipinski definition) is 4. The van der Waals surface area contributed by atoms with Crippen LogP contribution in [0.2, 0.25) is 0 Å². The molecule has 1 amide bonds. The molecule has 0 saturated carbocycles. The van der Waals surface area contributed by atoms with E-state index in [1.807, 2.05) is 36.4 Å². The predicted molar refractivity (Wildman–Crippen MR) is 102 cm³/mol. The largest absolute Gasteiger partial charge is 0.480 e. The van der Waals surface area contributed by atoms with Crippen LogP contribution in [0.3, 0.4) is 0 Å². The van der Waals surface area contributed by atoms with E-state index in [1.54, 1.807) is 26.1 Å². The van der Waals surface area contributed by atoms with Gasteiger partial charge in [0.2, 0.25) is 0 Å². The molecule has 0 spiro atoms. The number of rotatable bonds is 5. The van der Waals surface area contributed by atoms with Crippen molar-refractivity contribution in [2.24, 2.45) is 5.10 Å². The van der Waals surface area contributed by atoms with Crippen LogP contribution in [0.15, 0.2) is 52.0 Å².